The Kier molecular flexibility index (Phi) is 9.32. The van der Waals surface area contributed by atoms with E-state index in [0.717, 1.165) is 0 Å². The number of alkyl halides is 16. The molecule has 0 saturated carbocycles. The van der Waals surface area contributed by atoms with Crippen LogP contribution < -0.4 is 0 Å². The molecule has 20 heteroatoms. The van der Waals surface area contributed by atoms with E-state index in [1.807, 2.05) is 0 Å². The second kappa shape index (κ2) is 10.0. The Labute approximate surface area is 176 Å². The lowest BCUT2D eigenvalue weighted by molar-refractivity contribution is -0.344. The number of carbonyl (C=O) groups is 2. The first-order valence-electron chi connectivity index (χ1n) is 7.73. The van der Waals surface area contributed by atoms with Gasteiger partial charge >= 0.3 is 60.3 Å². The second-order valence-corrected chi connectivity index (χ2v) is 5.95. The molecule has 0 N–H and O–H groups in total. The average Bonchev–Trinajstić information content (AvgIpc) is 2.68. The van der Waals surface area contributed by atoms with Crippen molar-refractivity contribution in [2.45, 2.75) is 48.4 Å². The first-order valence-corrected chi connectivity index (χ1v) is 7.73. The van der Waals surface area contributed by atoms with E-state index in [4.69, 9.17) is 0 Å². The monoisotopic (exact) mass is 544 g/mol. The highest BCUT2D eigenvalue weighted by molar-refractivity contribution is 5.91. The normalized spacial score (nSPS) is 14.8. The van der Waals surface area contributed by atoms with E-state index in [1.165, 1.54) is 0 Å². The standard InChI is InChI=1S/C14H8F16O4/c15-7(16)11(23,24)13(27,28)9(19,20)3-33-5(31)1-2-6(32)34-4-10(21,22)14(29,30)12(25,26)8(17)18/h1-2,7-8H,3-4H2/b2-1+. The van der Waals surface area contributed by atoms with Gasteiger partial charge < -0.3 is 9.47 Å². The lowest BCUT2D eigenvalue weighted by Gasteiger charge is -2.31. The van der Waals surface area contributed by atoms with Gasteiger partial charge in [-0.25, -0.2) is 27.2 Å². The maximum absolute atomic E-state index is 13.1. The summed E-state index contributed by atoms with van der Waals surface area (Å²) >= 11 is 0. The minimum absolute atomic E-state index is 0.439. The molecule has 0 aromatic carbocycles. The summed E-state index contributed by atoms with van der Waals surface area (Å²) in [7, 11) is 0. The van der Waals surface area contributed by atoms with Crippen LogP contribution in [0.25, 0.3) is 0 Å². The Morgan fingerprint density at radius 1 is 0.559 bits per heavy atom. The summed E-state index contributed by atoms with van der Waals surface area (Å²) in [4.78, 5) is 22.0. The molecule has 0 aromatic rings. The first-order chi connectivity index (χ1) is 14.9. The van der Waals surface area contributed by atoms with Gasteiger partial charge in [0.25, 0.3) is 0 Å². The van der Waals surface area contributed by atoms with Crippen molar-refractivity contribution in [1.82, 2.24) is 0 Å². The molecular weight excluding hydrogens is 536 g/mol. The Morgan fingerprint density at radius 2 is 0.794 bits per heavy atom. The van der Waals surface area contributed by atoms with Crippen LogP contribution in [-0.4, -0.2) is 73.5 Å². The van der Waals surface area contributed by atoms with Gasteiger partial charge in [-0.1, -0.05) is 0 Å². The predicted molar refractivity (Wildman–Crippen MR) is 72.7 cm³/mol. The maximum Gasteiger partial charge on any atom is 0.381 e. The fourth-order valence-corrected chi connectivity index (χ4v) is 1.50. The van der Waals surface area contributed by atoms with Gasteiger partial charge in [0.05, 0.1) is 0 Å². The van der Waals surface area contributed by atoms with Gasteiger partial charge in [-0.2, -0.15) is 52.7 Å². The van der Waals surface area contributed by atoms with E-state index in [1.54, 1.807) is 0 Å². The Morgan fingerprint density at radius 3 is 1.00 bits per heavy atom. The van der Waals surface area contributed by atoms with Crippen LogP contribution in [-0.2, 0) is 19.1 Å². The summed E-state index contributed by atoms with van der Waals surface area (Å²) in [5, 5.41) is 0. The Bertz CT molecular complexity index is 699. The van der Waals surface area contributed by atoms with Gasteiger partial charge in [-0.3, -0.25) is 0 Å². The van der Waals surface area contributed by atoms with Crippen molar-refractivity contribution >= 4 is 11.9 Å². The quantitative estimate of drug-likeness (QED) is 0.198. The highest BCUT2D eigenvalue weighted by Crippen LogP contribution is 2.49. The van der Waals surface area contributed by atoms with Crippen LogP contribution in [0.5, 0.6) is 0 Å². The molecule has 0 radical (unpaired) electrons. The molecule has 0 aliphatic rings. The highest BCUT2D eigenvalue weighted by Gasteiger charge is 2.76. The summed E-state index contributed by atoms with van der Waals surface area (Å²) in [6.45, 7) is -5.99. The molecule has 0 aromatic heterocycles. The van der Waals surface area contributed by atoms with E-state index in [2.05, 4.69) is 9.47 Å². The van der Waals surface area contributed by atoms with Gasteiger partial charge in [0.1, 0.15) is 0 Å². The summed E-state index contributed by atoms with van der Waals surface area (Å²) in [5.74, 6) is -43.6. The molecule has 0 amide bonds. The molecule has 0 bridgehead atoms. The molecule has 0 heterocycles. The van der Waals surface area contributed by atoms with Gasteiger partial charge in [0.2, 0.25) is 0 Å². The lowest BCUT2D eigenvalue weighted by Crippen LogP contribution is -2.59. The van der Waals surface area contributed by atoms with E-state index in [-0.39, 0.29) is 0 Å². The summed E-state index contributed by atoms with van der Waals surface area (Å²) in [5.41, 5.74) is 0. The van der Waals surface area contributed by atoms with Crippen molar-refractivity contribution in [1.29, 1.82) is 0 Å². The highest BCUT2D eigenvalue weighted by atomic mass is 19.4. The number of halogens is 16. The Hall–Kier alpha value is -2.44. The molecule has 0 spiro atoms. The zero-order valence-corrected chi connectivity index (χ0v) is 15.4. The van der Waals surface area contributed by atoms with Gasteiger partial charge in [-0.05, 0) is 0 Å². The van der Waals surface area contributed by atoms with Crippen LogP contribution in [0.2, 0.25) is 0 Å². The van der Waals surface area contributed by atoms with Crippen LogP contribution in [0, 0.1) is 0 Å². The number of hydrogen-bond donors (Lipinski definition) is 0. The lowest BCUT2D eigenvalue weighted by atomic mass is 10.1. The fraction of sp³-hybridized carbons (Fsp3) is 0.714. The largest absolute Gasteiger partial charge is 0.456 e. The fourth-order valence-electron chi connectivity index (χ4n) is 1.50. The molecule has 0 aliphatic carbocycles. The van der Waals surface area contributed by atoms with Crippen molar-refractivity contribution < 1.29 is 89.3 Å². The van der Waals surface area contributed by atoms with Crippen LogP contribution in [0.1, 0.15) is 0 Å². The summed E-state index contributed by atoms with van der Waals surface area (Å²) in [6, 6.07) is 0. The maximum atomic E-state index is 13.1. The summed E-state index contributed by atoms with van der Waals surface area (Å²) < 4.78 is 209. The van der Waals surface area contributed by atoms with Crippen molar-refractivity contribution in [3.63, 3.8) is 0 Å². The first kappa shape index (κ1) is 31.6. The van der Waals surface area contributed by atoms with E-state index < -0.39 is 85.7 Å². The number of hydrogen-bond acceptors (Lipinski definition) is 4. The zero-order valence-electron chi connectivity index (χ0n) is 15.4. The minimum Gasteiger partial charge on any atom is -0.456 e. The van der Waals surface area contributed by atoms with Crippen LogP contribution >= 0.6 is 0 Å². The molecule has 34 heavy (non-hydrogen) atoms. The predicted octanol–water partition coefficient (Wildman–Crippen LogP) is 4.97. The number of esters is 2. The van der Waals surface area contributed by atoms with Crippen molar-refractivity contribution in [3.05, 3.63) is 12.2 Å². The molecule has 200 valence electrons. The number of carbonyl (C=O) groups excluding carboxylic acids is 2. The minimum atomic E-state index is -6.77. The molecule has 0 unspecified atom stereocenters. The topological polar surface area (TPSA) is 52.6 Å². The smallest absolute Gasteiger partial charge is 0.381 e. The second-order valence-electron chi connectivity index (χ2n) is 5.95. The molecule has 0 rings (SSSR count). The van der Waals surface area contributed by atoms with Crippen molar-refractivity contribution in [3.8, 4) is 0 Å². The molecule has 0 aliphatic heterocycles. The van der Waals surface area contributed by atoms with Crippen molar-refractivity contribution in [2.75, 3.05) is 13.2 Å². The van der Waals surface area contributed by atoms with E-state index >= 15 is 0 Å². The SMILES string of the molecule is O=C(/C=C/C(=O)OCC(F)(F)C(F)(F)C(F)(F)C(F)F)OCC(F)(F)C(F)(F)C(F)(F)C(F)F. The summed E-state index contributed by atoms with van der Waals surface area (Å²) in [6.07, 6.45) is -11.5. The van der Waals surface area contributed by atoms with Gasteiger partial charge in [-0.15, -0.1) is 0 Å². The average molecular weight is 544 g/mol. The molecule has 0 fully saturated rings. The molecule has 4 nitrogen and oxygen atoms in total. The van der Waals surface area contributed by atoms with E-state index in [9.17, 15) is 79.8 Å². The molecular formula is C14H8F16O4. The van der Waals surface area contributed by atoms with Crippen LogP contribution in [0.15, 0.2) is 12.2 Å². The third-order valence-electron chi connectivity index (χ3n) is 3.45. The van der Waals surface area contributed by atoms with Crippen molar-refractivity contribution in [2.24, 2.45) is 0 Å². The molecule has 0 atom stereocenters. The Balaban J connectivity index is 5.09. The zero-order chi connectivity index (χ0) is 27.6. The van der Waals surface area contributed by atoms with Crippen LogP contribution in [0.4, 0.5) is 70.2 Å². The van der Waals surface area contributed by atoms with Gasteiger partial charge in [0.15, 0.2) is 13.2 Å². The van der Waals surface area contributed by atoms with Gasteiger partial charge in [0, 0.05) is 12.2 Å². The third kappa shape index (κ3) is 6.16. The van der Waals surface area contributed by atoms with E-state index in [0.29, 0.717) is 0 Å². The van der Waals surface area contributed by atoms with Crippen LogP contribution in [0.3, 0.4) is 0 Å². The number of ether oxygens (including phenoxy) is 2. The molecule has 0 saturated heterocycles. The number of rotatable bonds is 12. The third-order valence-corrected chi connectivity index (χ3v) is 3.45.